The molecule has 1 aliphatic rings. The summed E-state index contributed by atoms with van der Waals surface area (Å²) in [7, 11) is 2.10. The van der Waals surface area contributed by atoms with Gasteiger partial charge in [-0.25, -0.2) is 9.97 Å². The van der Waals surface area contributed by atoms with E-state index in [0.717, 1.165) is 18.2 Å². The van der Waals surface area contributed by atoms with E-state index in [1.54, 1.807) is 17.8 Å². The number of hydrogen-bond acceptors (Lipinski definition) is 4. The first kappa shape index (κ1) is 12.2. The van der Waals surface area contributed by atoms with E-state index >= 15 is 0 Å². The molecule has 0 aromatic carbocycles. The lowest BCUT2D eigenvalue weighted by Gasteiger charge is -2.01. The van der Waals surface area contributed by atoms with Gasteiger partial charge in [-0.3, -0.25) is 4.90 Å². The summed E-state index contributed by atoms with van der Waals surface area (Å²) in [6.07, 6.45) is 5.69. The van der Waals surface area contributed by atoms with Crippen molar-refractivity contribution in [2.75, 3.05) is 13.3 Å². The molecule has 0 saturated heterocycles. The van der Waals surface area contributed by atoms with Crippen molar-refractivity contribution in [1.82, 2.24) is 14.9 Å². The number of rotatable bonds is 1. The second-order valence-electron chi connectivity index (χ2n) is 3.41. The van der Waals surface area contributed by atoms with Crippen molar-refractivity contribution in [1.29, 1.82) is 0 Å². The summed E-state index contributed by atoms with van der Waals surface area (Å²) < 4.78 is 0. The molecule has 0 radical (unpaired) electrons. The normalized spacial score (nSPS) is 14.1. The smallest absolute Gasteiger partial charge is 0.187 e. The predicted molar refractivity (Wildman–Crippen MR) is 64.9 cm³/mol. The topological polar surface area (TPSA) is 29.0 Å². The summed E-state index contributed by atoms with van der Waals surface area (Å²) in [5.41, 5.74) is 2.46. The van der Waals surface area contributed by atoms with Crippen LogP contribution in [0.5, 0.6) is 0 Å². The summed E-state index contributed by atoms with van der Waals surface area (Å²) >= 11 is 1.60. The molecule has 0 saturated carbocycles. The van der Waals surface area contributed by atoms with E-state index < -0.39 is 0 Å². The van der Waals surface area contributed by atoms with Crippen molar-refractivity contribution in [3.8, 4) is 0 Å². The van der Waals surface area contributed by atoms with E-state index in [1.807, 2.05) is 19.4 Å². The number of hydrogen-bond donors (Lipinski definition) is 0. The van der Waals surface area contributed by atoms with E-state index in [1.165, 1.54) is 11.3 Å². The molecule has 1 aromatic rings. The van der Waals surface area contributed by atoms with Crippen molar-refractivity contribution in [2.45, 2.75) is 25.2 Å². The number of allylic oxidation sites excluding steroid dienone is 1. The fraction of sp³-hybridized carbons (Fsp3) is 0.455. The fourth-order valence-corrected chi connectivity index (χ4v) is 1.75. The Kier molecular flexibility index (Phi) is 4.78. The largest absolute Gasteiger partial charge is 0.296 e. The lowest BCUT2D eigenvalue weighted by atomic mass is 10.3. The summed E-state index contributed by atoms with van der Waals surface area (Å²) in [5.74, 6) is 0. The molecule has 82 valence electrons. The summed E-state index contributed by atoms with van der Waals surface area (Å²) in [6, 6.07) is 0. The first-order chi connectivity index (χ1) is 7.21. The molecule has 2 rings (SSSR count). The molecule has 4 heteroatoms. The van der Waals surface area contributed by atoms with Crippen molar-refractivity contribution in [3.05, 3.63) is 30.1 Å². The van der Waals surface area contributed by atoms with Gasteiger partial charge in [0, 0.05) is 24.8 Å². The molecule has 3 nitrogen and oxygen atoms in total. The van der Waals surface area contributed by atoms with Crippen LogP contribution in [0.3, 0.4) is 0 Å². The van der Waals surface area contributed by atoms with E-state index in [4.69, 9.17) is 0 Å². The van der Waals surface area contributed by atoms with Gasteiger partial charge >= 0.3 is 0 Å². The molecule has 1 aromatic heterocycles. The Bertz CT molecular complexity index is 339. The van der Waals surface area contributed by atoms with Crippen LogP contribution < -0.4 is 0 Å². The fourth-order valence-electron chi connectivity index (χ4n) is 1.39. The van der Waals surface area contributed by atoms with Crippen LogP contribution >= 0.6 is 11.8 Å². The molecule has 0 atom stereocenters. The Morgan fingerprint density at radius 2 is 2.20 bits per heavy atom. The van der Waals surface area contributed by atoms with Crippen LogP contribution in [0.1, 0.15) is 18.2 Å². The first-order valence-corrected chi connectivity index (χ1v) is 6.08. The van der Waals surface area contributed by atoms with E-state index in [9.17, 15) is 0 Å². The lowest BCUT2D eigenvalue weighted by molar-refractivity contribution is 0.351. The van der Waals surface area contributed by atoms with Gasteiger partial charge in [0.25, 0.3) is 0 Å². The Labute approximate surface area is 95.6 Å². The SMILES string of the molecule is C=CC.CSc1ncc2c(n1)CN(C)C2. The Hall–Kier alpha value is -0.870. The third kappa shape index (κ3) is 3.32. The third-order valence-corrected chi connectivity index (χ3v) is 2.54. The van der Waals surface area contributed by atoms with Crippen LogP contribution in [-0.2, 0) is 13.1 Å². The molecule has 0 amide bonds. The standard InChI is InChI=1S/C8H11N3S.C3H6/c1-11-4-6-3-9-8(12-2)10-7(6)5-11;1-3-2/h3H,4-5H2,1-2H3;3H,1H2,2H3. The Morgan fingerprint density at radius 3 is 2.80 bits per heavy atom. The third-order valence-electron chi connectivity index (χ3n) is 1.97. The van der Waals surface area contributed by atoms with Crippen LogP contribution in [0.4, 0.5) is 0 Å². The number of fused-ring (bicyclic) bond motifs is 1. The predicted octanol–water partition coefficient (Wildman–Crippen LogP) is 2.34. The van der Waals surface area contributed by atoms with Gasteiger partial charge in [-0.1, -0.05) is 17.8 Å². The molecule has 0 N–H and O–H groups in total. The van der Waals surface area contributed by atoms with Crippen molar-refractivity contribution in [2.24, 2.45) is 0 Å². The van der Waals surface area contributed by atoms with E-state index in [-0.39, 0.29) is 0 Å². The average Bonchev–Trinajstić information content (AvgIpc) is 2.57. The zero-order valence-electron chi connectivity index (χ0n) is 9.53. The highest BCUT2D eigenvalue weighted by Gasteiger charge is 2.17. The van der Waals surface area contributed by atoms with E-state index in [2.05, 4.69) is 28.5 Å². The maximum Gasteiger partial charge on any atom is 0.187 e. The molecule has 0 bridgehead atoms. The molecule has 1 aliphatic heterocycles. The van der Waals surface area contributed by atoms with Gasteiger partial charge in [0.15, 0.2) is 5.16 Å². The molecule has 15 heavy (non-hydrogen) atoms. The summed E-state index contributed by atoms with van der Waals surface area (Å²) in [6.45, 7) is 7.20. The second kappa shape index (κ2) is 5.88. The molecular weight excluding hydrogens is 206 g/mol. The molecule has 0 aliphatic carbocycles. The van der Waals surface area contributed by atoms with Crippen LogP contribution in [0.25, 0.3) is 0 Å². The zero-order chi connectivity index (χ0) is 11.3. The lowest BCUT2D eigenvalue weighted by Crippen LogP contribution is -2.07. The van der Waals surface area contributed by atoms with Gasteiger partial charge in [-0.2, -0.15) is 0 Å². The highest BCUT2D eigenvalue weighted by Crippen LogP contribution is 2.20. The van der Waals surface area contributed by atoms with Gasteiger partial charge in [0.1, 0.15) is 0 Å². The maximum atomic E-state index is 4.43. The van der Waals surface area contributed by atoms with Gasteiger partial charge in [-0.15, -0.1) is 6.58 Å². The number of thioether (sulfide) groups is 1. The highest BCUT2D eigenvalue weighted by molar-refractivity contribution is 7.98. The summed E-state index contributed by atoms with van der Waals surface area (Å²) in [5, 5.41) is 0.879. The Balaban J connectivity index is 0.000000337. The molecule has 0 fully saturated rings. The van der Waals surface area contributed by atoms with Crippen molar-refractivity contribution < 1.29 is 0 Å². The molecule has 0 spiro atoms. The van der Waals surface area contributed by atoms with E-state index in [0.29, 0.717) is 0 Å². The monoisotopic (exact) mass is 223 g/mol. The van der Waals surface area contributed by atoms with Crippen LogP contribution in [-0.4, -0.2) is 28.2 Å². The summed E-state index contributed by atoms with van der Waals surface area (Å²) in [4.78, 5) is 10.9. The van der Waals surface area contributed by atoms with Crippen LogP contribution in [0.15, 0.2) is 24.0 Å². The van der Waals surface area contributed by atoms with Gasteiger partial charge in [-0.05, 0) is 20.2 Å². The van der Waals surface area contributed by atoms with Crippen LogP contribution in [0, 0.1) is 0 Å². The van der Waals surface area contributed by atoms with Crippen LogP contribution in [0.2, 0.25) is 0 Å². The minimum Gasteiger partial charge on any atom is -0.296 e. The molecule has 2 heterocycles. The molecule has 0 unspecified atom stereocenters. The zero-order valence-corrected chi connectivity index (χ0v) is 10.3. The van der Waals surface area contributed by atoms with Gasteiger partial charge < -0.3 is 0 Å². The second-order valence-corrected chi connectivity index (χ2v) is 4.18. The quantitative estimate of drug-likeness (QED) is 0.415. The Morgan fingerprint density at radius 1 is 1.53 bits per heavy atom. The highest BCUT2D eigenvalue weighted by atomic mass is 32.2. The maximum absolute atomic E-state index is 4.43. The number of nitrogens with zero attached hydrogens (tertiary/aromatic N) is 3. The van der Waals surface area contributed by atoms with Gasteiger partial charge in [0.05, 0.1) is 5.69 Å². The number of aromatic nitrogens is 2. The average molecular weight is 223 g/mol. The minimum absolute atomic E-state index is 0.879. The van der Waals surface area contributed by atoms with Gasteiger partial charge in [0.2, 0.25) is 0 Å². The van der Waals surface area contributed by atoms with Crippen molar-refractivity contribution >= 4 is 11.8 Å². The molecular formula is C11H17N3S. The van der Waals surface area contributed by atoms with Crippen molar-refractivity contribution in [3.63, 3.8) is 0 Å². The first-order valence-electron chi connectivity index (χ1n) is 4.85. The minimum atomic E-state index is 0.879.